The van der Waals surface area contributed by atoms with Gasteiger partial charge in [-0.2, -0.15) is 0 Å². The molecule has 0 spiro atoms. The molecule has 1 amide bonds. The molecule has 2 aliphatic heterocycles. The molecule has 1 aromatic carbocycles. The highest BCUT2D eigenvalue weighted by Crippen LogP contribution is 2.28. The molecule has 7 heteroatoms. The van der Waals surface area contributed by atoms with Crippen molar-refractivity contribution >= 4 is 15.7 Å². The molecule has 2 aliphatic rings. The summed E-state index contributed by atoms with van der Waals surface area (Å²) in [4.78, 5) is 16.9. The lowest BCUT2D eigenvalue weighted by molar-refractivity contribution is -0.138. The topological polar surface area (TPSA) is 66.9 Å². The van der Waals surface area contributed by atoms with Crippen LogP contribution < -0.4 is 4.74 Å². The molecule has 0 N–H and O–H groups in total. The van der Waals surface area contributed by atoms with Gasteiger partial charge < -0.3 is 14.5 Å². The Hall–Kier alpha value is -1.60. The molecule has 24 heavy (non-hydrogen) atoms. The van der Waals surface area contributed by atoms with Gasteiger partial charge in [-0.25, -0.2) is 8.42 Å². The van der Waals surface area contributed by atoms with Gasteiger partial charge in [-0.05, 0) is 26.6 Å². The quantitative estimate of drug-likeness (QED) is 0.804. The maximum Gasteiger partial charge on any atom is 0.227 e. The fourth-order valence-corrected chi connectivity index (χ4v) is 5.15. The van der Waals surface area contributed by atoms with Gasteiger partial charge in [0.1, 0.15) is 12.4 Å². The number of carbonyl (C=O) groups is 1. The summed E-state index contributed by atoms with van der Waals surface area (Å²) in [5, 5.41) is 0. The SMILES string of the molecule is CN(C)C[C@@H]1COc2ccccc2CN1C(=O)[C@H]1CCS(=O)(=O)C1. The third-order valence-electron chi connectivity index (χ3n) is 4.63. The average Bonchev–Trinajstić information content (AvgIpc) is 2.79. The lowest BCUT2D eigenvalue weighted by atomic mass is 10.0. The molecule has 0 bridgehead atoms. The van der Waals surface area contributed by atoms with E-state index in [9.17, 15) is 13.2 Å². The van der Waals surface area contributed by atoms with Crippen molar-refractivity contribution in [1.82, 2.24) is 9.80 Å². The van der Waals surface area contributed by atoms with Crippen LogP contribution in [0.1, 0.15) is 12.0 Å². The van der Waals surface area contributed by atoms with E-state index in [1.165, 1.54) is 0 Å². The fraction of sp³-hybridized carbons (Fsp3) is 0.588. The Morgan fingerprint density at radius 1 is 1.33 bits per heavy atom. The number of ether oxygens (including phenoxy) is 1. The van der Waals surface area contributed by atoms with Crippen LogP contribution in [0.5, 0.6) is 5.75 Å². The van der Waals surface area contributed by atoms with Crippen LogP contribution in [0.4, 0.5) is 0 Å². The van der Waals surface area contributed by atoms with Crippen LogP contribution >= 0.6 is 0 Å². The maximum atomic E-state index is 13.0. The molecule has 2 heterocycles. The van der Waals surface area contributed by atoms with Crippen LogP contribution in [0.25, 0.3) is 0 Å². The van der Waals surface area contributed by atoms with Crippen LogP contribution in [0, 0.1) is 5.92 Å². The van der Waals surface area contributed by atoms with E-state index in [1.54, 1.807) is 0 Å². The van der Waals surface area contributed by atoms with E-state index in [0.29, 0.717) is 26.1 Å². The minimum Gasteiger partial charge on any atom is -0.491 e. The second-order valence-corrected chi connectivity index (χ2v) is 9.13. The van der Waals surface area contributed by atoms with E-state index in [0.717, 1.165) is 11.3 Å². The second kappa shape index (κ2) is 6.72. The molecular formula is C17H24N2O4S. The largest absolute Gasteiger partial charge is 0.491 e. The van der Waals surface area contributed by atoms with Crippen molar-refractivity contribution in [3.63, 3.8) is 0 Å². The lowest BCUT2D eigenvalue weighted by Crippen LogP contribution is -2.49. The molecule has 0 aromatic heterocycles. The van der Waals surface area contributed by atoms with E-state index in [1.807, 2.05) is 48.2 Å². The van der Waals surface area contributed by atoms with E-state index in [4.69, 9.17) is 4.74 Å². The first-order chi connectivity index (χ1) is 11.4. The zero-order chi connectivity index (χ0) is 17.3. The van der Waals surface area contributed by atoms with E-state index < -0.39 is 15.8 Å². The van der Waals surface area contributed by atoms with Crippen LogP contribution in [0.2, 0.25) is 0 Å². The number of rotatable bonds is 3. The van der Waals surface area contributed by atoms with E-state index in [2.05, 4.69) is 0 Å². The number of benzene rings is 1. The molecule has 1 saturated heterocycles. The molecule has 0 unspecified atom stereocenters. The number of amides is 1. The van der Waals surface area contributed by atoms with Crippen molar-refractivity contribution in [2.24, 2.45) is 5.92 Å². The Balaban J connectivity index is 1.86. The summed E-state index contributed by atoms with van der Waals surface area (Å²) >= 11 is 0. The molecule has 2 atom stereocenters. The van der Waals surface area contributed by atoms with Crippen molar-refractivity contribution in [2.45, 2.75) is 19.0 Å². The third-order valence-corrected chi connectivity index (χ3v) is 6.39. The predicted octanol–water partition coefficient (Wildman–Crippen LogP) is 0.773. The Kier molecular flexibility index (Phi) is 4.83. The van der Waals surface area contributed by atoms with Gasteiger partial charge in [-0.1, -0.05) is 18.2 Å². The molecule has 0 radical (unpaired) electrons. The molecule has 6 nitrogen and oxygen atoms in total. The summed E-state index contributed by atoms with van der Waals surface area (Å²) in [5.41, 5.74) is 0.966. The standard InChI is InChI=1S/C17H24N2O4S/c1-18(2)10-15-11-23-16-6-4-3-5-13(16)9-19(15)17(20)14-7-8-24(21,22)12-14/h3-6,14-15H,7-12H2,1-2H3/t14-,15+/m0/s1. The minimum absolute atomic E-state index is 0.0283. The van der Waals surface area contributed by atoms with Crippen LogP contribution in [0.3, 0.4) is 0 Å². The first-order valence-corrected chi connectivity index (χ1v) is 10.0. The van der Waals surface area contributed by atoms with Crippen LogP contribution in [0.15, 0.2) is 24.3 Å². The van der Waals surface area contributed by atoms with Crippen LogP contribution in [-0.4, -0.2) is 68.9 Å². The number of para-hydroxylation sites is 1. The van der Waals surface area contributed by atoms with Gasteiger partial charge in [0.2, 0.25) is 5.91 Å². The summed E-state index contributed by atoms with van der Waals surface area (Å²) in [6, 6.07) is 7.62. The number of sulfone groups is 1. The lowest BCUT2D eigenvalue weighted by Gasteiger charge is -2.32. The Morgan fingerprint density at radius 2 is 2.08 bits per heavy atom. The second-order valence-electron chi connectivity index (χ2n) is 6.90. The average molecular weight is 352 g/mol. The fourth-order valence-electron chi connectivity index (χ4n) is 3.42. The van der Waals surface area contributed by atoms with Crippen LogP contribution in [-0.2, 0) is 21.2 Å². The monoisotopic (exact) mass is 352 g/mol. The minimum atomic E-state index is -3.08. The summed E-state index contributed by atoms with van der Waals surface area (Å²) in [6.07, 6.45) is 0.425. The van der Waals surface area contributed by atoms with Gasteiger partial charge in [-0.15, -0.1) is 0 Å². The zero-order valence-electron chi connectivity index (χ0n) is 14.1. The van der Waals surface area contributed by atoms with Gasteiger partial charge in [0.25, 0.3) is 0 Å². The molecule has 1 aromatic rings. The number of hydrogen-bond acceptors (Lipinski definition) is 5. The zero-order valence-corrected chi connectivity index (χ0v) is 15.0. The molecule has 3 rings (SSSR count). The van der Waals surface area contributed by atoms with Crippen molar-refractivity contribution < 1.29 is 17.9 Å². The summed E-state index contributed by atoms with van der Waals surface area (Å²) in [7, 11) is 0.840. The van der Waals surface area contributed by atoms with Crippen molar-refractivity contribution in [2.75, 3.05) is 38.8 Å². The van der Waals surface area contributed by atoms with E-state index >= 15 is 0 Å². The summed E-state index contributed by atoms with van der Waals surface area (Å²) in [5.74, 6) is 0.395. The number of hydrogen-bond donors (Lipinski definition) is 0. The number of likely N-dealkylation sites (N-methyl/N-ethyl adjacent to an activating group) is 1. The summed E-state index contributed by atoms with van der Waals surface area (Å²) < 4.78 is 29.4. The van der Waals surface area contributed by atoms with Gasteiger partial charge in [-0.3, -0.25) is 4.79 Å². The van der Waals surface area contributed by atoms with Crippen molar-refractivity contribution in [3.05, 3.63) is 29.8 Å². The first-order valence-electron chi connectivity index (χ1n) is 8.22. The third kappa shape index (κ3) is 3.72. The number of carbonyl (C=O) groups excluding carboxylic acids is 1. The highest BCUT2D eigenvalue weighted by atomic mass is 32.2. The molecule has 0 aliphatic carbocycles. The molecule has 0 saturated carbocycles. The Morgan fingerprint density at radius 3 is 2.75 bits per heavy atom. The predicted molar refractivity (Wildman–Crippen MR) is 91.6 cm³/mol. The van der Waals surface area contributed by atoms with Gasteiger partial charge in [0.05, 0.1) is 23.5 Å². The van der Waals surface area contributed by atoms with Gasteiger partial charge in [0, 0.05) is 18.7 Å². The molecular weight excluding hydrogens is 328 g/mol. The molecule has 132 valence electrons. The Labute approximate surface area is 143 Å². The normalized spacial score (nSPS) is 25.9. The molecule has 1 fully saturated rings. The Bertz CT molecular complexity index is 717. The smallest absolute Gasteiger partial charge is 0.227 e. The van der Waals surface area contributed by atoms with Gasteiger partial charge in [0.15, 0.2) is 9.84 Å². The number of fused-ring (bicyclic) bond motifs is 1. The van der Waals surface area contributed by atoms with Crippen molar-refractivity contribution in [1.29, 1.82) is 0 Å². The van der Waals surface area contributed by atoms with Gasteiger partial charge >= 0.3 is 0 Å². The summed E-state index contributed by atoms with van der Waals surface area (Å²) in [6.45, 7) is 1.56. The van der Waals surface area contributed by atoms with Crippen molar-refractivity contribution in [3.8, 4) is 5.75 Å². The number of nitrogens with zero attached hydrogens (tertiary/aromatic N) is 2. The van der Waals surface area contributed by atoms with E-state index in [-0.39, 0.29) is 23.5 Å². The highest BCUT2D eigenvalue weighted by Gasteiger charge is 2.38. The highest BCUT2D eigenvalue weighted by molar-refractivity contribution is 7.91. The first kappa shape index (κ1) is 17.2. The maximum absolute atomic E-state index is 13.0.